The Morgan fingerprint density at radius 2 is 1.39 bits per heavy atom. The van der Waals surface area contributed by atoms with Gasteiger partial charge in [-0.3, -0.25) is 0 Å². The molecule has 0 saturated carbocycles. The van der Waals surface area contributed by atoms with Crippen molar-refractivity contribution in [3.05, 3.63) is 71.8 Å². The van der Waals surface area contributed by atoms with Gasteiger partial charge in [0.2, 0.25) is 0 Å². The zero-order valence-electron chi connectivity index (χ0n) is 10.1. The molecule has 0 heterocycles. The van der Waals surface area contributed by atoms with Crippen LogP contribution >= 0.6 is 12.4 Å². The number of aliphatic hydroxyl groups excluding tert-OH is 1. The number of halogens is 1. The summed E-state index contributed by atoms with van der Waals surface area (Å²) in [6.45, 7) is 0. The highest BCUT2D eigenvalue weighted by atomic mass is 35.5. The van der Waals surface area contributed by atoms with Gasteiger partial charge >= 0.3 is 0 Å². The summed E-state index contributed by atoms with van der Waals surface area (Å²) in [6.07, 6.45) is 0.0245. The van der Waals surface area contributed by atoms with Gasteiger partial charge in [-0.1, -0.05) is 60.7 Å². The first-order chi connectivity index (χ1) is 8.27. The van der Waals surface area contributed by atoms with Crippen LogP contribution in [0.3, 0.4) is 0 Å². The number of aliphatic hydroxyl groups is 1. The maximum Gasteiger partial charge on any atom is 0.0773 e. The van der Waals surface area contributed by atoms with Gasteiger partial charge < -0.3 is 10.8 Å². The molecule has 0 aliphatic heterocycles. The fraction of sp³-hybridized carbons (Fsp3) is 0.200. The highest BCUT2D eigenvalue weighted by molar-refractivity contribution is 5.85. The van der Waals surface area contributed by atoms with Gasteiger partial charge in [0.15, 0.2) is 0 Å². The van der Waals surface area contributed by atoms with E-state index in [1.165, 1.54) is 0 Å². The van der Waals surface area contributed by atoms with Crippen LogP contribution in [0.4, 0.5) is 0 Å². The SMILES string of the molecule is Cl.N[C@H](c1ccccc1)[C@@H](O)Cc1ccccc1. The summed E-state index contributed by atoms with van der Waals surface area (Å²) in [6, 6.07) is 19.3. The van der Waals surface area contributed by atoms with Crippen molar-refractivity contribution in [2.24, 2.45) is 5.73 Å². The van der Waals surface area contributed by atoms with Crippen molar-refractivity contribution in [3.63, 3.8) is 0 Å². The maximum absolute atomic E-state index is 10.1. The van der Waals surface area contributed by atoms with E-state index in [0.717, 1.165) is 11.1 Å². The van der Waals surface area contributed by atoms with Gasteiger partial charge in [0.1, 0.15) is 0 Å². The molecule has 2 aromatic rings. The van der Waals surface area contributed by atoms with E-state index in [1.807, 2.05) is 60.7 Å². The second-order valence-electron chi connectivity index (χ2n) is 4.19. The summed E-state index contributed by atoms with van der Waals surface area (Å²) >= 11 is 0. The van der Waals surface area contributed by atoms with Crippen LogP contribution in [-0.4, -0.2) is 11.2 Å². The lowest BCUT2D eigenvalue weighted by atomic mass is 9.97. The zero-order valence-corrected chi connectivity index (χ0v) is 10.9. The lowest BCUT2D eigenvalue weighted by Crippen LogP contribution is -2.28. The van der Waals surface area contributed by atoms with E-state index in [4.69, 9.17) is 5.73 Å². The summed E-state index contributed by atoms with van der Waals surface area (Å²) in [5, 5.41) is 10.1. The van der Waals surface area contributed by atoms with Gasteiger partial charge in [-0.15, -0.1) is 12.4 Å². The van der Waals surface area contributed by atoms with Gasteiger partial charge in [0.05, 0.1) is 12.1 Å². The Hall–Kier alpha value is -1.35. The molecule has 2 nitrogen and oxygen atoms in total. The fourth-order valence-corrected chi connectivity index (χ4v) is 1.88. The molecule has 0 unspecified atom stereocenters. The van der Waals surface area contributed by atoms with E-state index in [1.54, 1.807) is 0 Å². The first-order valence-corrected chi connectivity index (χ1v) is 5.80. The van der Waals surface area contributed by atoms with Crippen LogP contribution in [0, 0.1) is 0 Å². The maximum atomic E-state index is 10.1. The quantitative estimate of drug-likeness (QED) is 0.891. The summed E-state index contributed by atoms with van der Waals surface area (Å²) < 4.78 is 0. The molecule has 0 amide bonds. The van der Waals surface area contributed by atoms with E-state index < -0.39 is 6.10 Å². The van der Waals surface area contributed by atoms with Crippen LogP contribution < -0.4 is 5.73 Å². The minimum absolute atomic E-state index is 0. The predicted octanol–water partition coefficient (Wildman–Crippen LogP) is 2.71. The zero-order chi connectivity index (χ0) is 12.1. The van der Waals surface area contributed by atoms with Crippen molar-refractivity contribution in [3.8, 4) is 0 Å². The second kappa shape index (κ2) is 7.17. The largest absolute Gasteiger partial charge is 0.391 e. The molecule has 2 aromatic carbocycles. The molecule has 0 spiro atoms. The lowest BCUT2D eigenvalue weighted by Gasteiger charge is -2.19. The Morgan fingerprint density at radius 1 is 0.889 bits per heavy atom. The average Bonchev–Trinajstić information content (AvgIpc) is 2.40. The third-order valence-corrected chi connectivity index (χ3v) is 2.89. The smallest absolute Gasteiger partial charge is 0.0773 e. The van der Waals surface area contributed by atoms with Crippen molar-refractivity contribution in [2.75, 3.05) is 0 Å². The minimum Gasteiger partial charge on any atom is -0.391 e. The average molecular weight is 264 g/mol. The molecule has 3 heteroatoms. The molecule has 0 aliphatic rings. The predicted molar refractivity (Wildman–Crippen MR) is 76.8 cm³/mol. The van der Waals surface area contributed by atoms with E-state index in [-0.39, 0.29) is 18.4 Å². The molecule has 0 saturated heterocycles. The number of benzene rings is 2. The first-order valence-electron chi connectivity index (χ1n) is 5.80. The van der Waals surface area contributed by atoms with Crippen molar-refractivity contribution >= 4 is 12.4 Å². The number of nitrogens with two attached hydrogens (primary N) is 1. The summed E-state index contributed by atoms with van der Waals surface area (Å²) in [7, 11) is 0. The topological polar surface area (TPSA) is 46.2 Å². The molecule has 0 bridgehead atoms. The normalized spacial score (nSPS) is 13.4. The van der Waals surface area contributed by atoms with Gasteiger partial charge in [0, 0.05) is 6.42 Å². The van der Waals surface area contributed by atoms with Crippen molar-refractivity contribution in [2.45, 2.75) is 18.6 Å². The van der Waals surface area contributed by atoms with E-state index in [9.17, 15) is 5.11 Å². The van der Waals surface area contributed by atoms with E-state index >= 15 is 0 Å². The van der Waals surface area contributed by atoms with Crippen LogP contribution in [0.15, 0.2) is 60.7 Å². The fourth-order valence-electron chi connectivity index (χ4n) is 1.88. The second-order valence-corrected chi connectivity index (χ2v) is 4.19. The molecule has 0 fully saturated rings. The van der Waals surface area contributed by atoms with Crippen molar-refractivity contribution in [1.29, 1.82) is 0 Å². The highest BCUT2D eigenvalue weighted by Gasteiger charge is 2.16. The number of rotatable bonds is 4. The Kier molecular flexibility index (Phi) is 5.86. The van der Waals surface area contributed by atoms with Crippen molar-refractivity contribution < 1.29 is 5.11 Å². The van der Waals surface area contributed by atoms with Crippen molar-refractivity contribution in [1.82, 2.24) is 0 Å². The number of hydrogen-bond acceptors (Lipinski definition) is 2. The molecule has 2 rings (SSSR count). The van der Waals surface area contributed by atoms with Crippen LogP contribution in [0.1, 0.15) is 17.2 Å². The Labute approximate surface area is 114 Å². The molecule has 0 aliphatic carbocycles. The van der Waals surface area contributed by atoms with Crippen LogP contribution in [-0.2, 0) is 6.42 Å². The Morgan fingerprint density at radius 3 is 1.94 bits per heavy atom. The standard InChI is InChI=1S/C15H17NO.ClH/c16-15(13-9-5-2-6-10-13)14(17)11-12-7-3-1-4-8-12;/h1-10,14-15,17H,11,16H2;1H/t14-,15+;/m0./s1. The Balaban J connectivity index is 0.00000162. The highest BCUT2D eigenvalue weighted by Crippen LogP contribution is 2.17. The molecule has 18 heavy (non-hydrogen) atoms. The molecular weight excluding hydrogens is 246 g/mol. The third-order valence-electron chi connectivity index (χ3n) is 2.89. The van der Waals surface area contributed by atoms with Gasteiger partial charge in [0.25, 0.3) is 0 Å². The van der Waals surface area contributed by atoms with Crippen LogP contribution in [0.2, 0.25) is 0 Å². The molecule has 0 radical (unpaired) electrons. The van der Waals surface area contributed by atoms with Crippen LogP contribution in [0.25, 0.3) is 0 Å². The third kappa shape index (κ3) is 3.84. The van der Waals surface area contributed by atoms with Gasteiger partial charge in [-0.25, -0.2) is 0 Å². The van der Waals surface area contributed by atoms with Crippen LogP contribution in [0.5, 0.6) is 0 Å². The molecule has 3 N–H and O–H groups in total. The molecular formula is C15H18ClNO. The Bertz CT molecular complexity index is 447. The van der Waals surface area contributed by atoms with E-state index in [0.29, 0.717) is 6.42 Å². The summed E-state index contributed by atoms with van der Waals surface area (Å²) in [4.78, 5) is 0. The summed E-state index contributed by atoms with van der Waals surface area (Å²) in [5.41, 5.74) is 8.11. The molecule has 0 aromatic heterocycles. The summed E-state index contributed by atoms with van der Waals surface area (Å²) in [5.74, 6) is 0. The van der Waals surface area contributed by atoms with Gasteiger partial charge in [-0.2, -0.15) is 0 Å². The minimum atomic E-state index is -0.556. The van der Waals surface area contributed by atoms with E-state index in [2.05, 4.69) is 0 Å². The van der Waals surface area contributed by atoms with Gasteiger partial charge in [-0.05, 0) is 11.1 Å². The number of hydrogen-bond donors (Lipinski definition) is 2. The monoisotopic (exact) mass is 263 g/mol. The first kappa shape index (κ1) is 14.7. The lowest BCUT2D eigenvalue weighted by molar-refractivity contribution is 0.145. The molecule has 2 atom stereocenters. The molecule has 96 valence electrons.